The third-order valence-electron chi connectivity index (χ3n) is 3.70. The third-order valence-corrected chi connectivity index (χ3v) is 6.38. The van der Waals surface area contributed by atoms with E-state index in [1.807, 2.05) is 6.92 Å². The van der Waals surface area contributed by atoms with Gasteiger partial charge in [0.05, 0.1) is 5.69 Å². The number of aryl methyl sites for hydroxylation is 1. The number of hydrogen-bond donors (Lipinski definition) is 1. The van der Waals surface area contributed by atoms with E-state index in [9.17, 15) is 17.6 Å². The summed E-state index contributed by atoms with van der Waals surface area (Å²) in [5, 5.41) is 6.20. The zero-order valence-electron chi connectivity index (χ0n) is 14.0. The van der Waals surface area contributed by atoms with E-state index in [1.165, 1.54) is 26.0 Å². The summed E-state index contributed by atoms with van der Waals surface area (Å²) in [6.45, 7) is 4.34. The van der Waals surface area contributed by atoms with Crippen molar-refractivity contribution in [3.63, 3.8) is 0 Å². The number of anilines is 1. The first-order valence-corrected chi connectivity index (χ1v) is 9.42. The number of benzene rings is 1. The number of sulfone groups is 1. The Kier molecular flexibility index (Phi) is 5.53. The maximum Gasteiger partial charge on any atom is 0.248 e. The Bertz CT molecular complexity index is 893. The molecule has 6 nitrogen and oxygen atoms in total. The lowest BCUT2D eigenvalue weighted by Crippen LogP contribution is -2.44. The van der Waals surface area contributed by atoms with Gasteiger partial charge in [-0.3, -0.25) is 10.1 Å². The van der Waals surface area contributed by atoms with Crippen LogP contribution >= 0.6 is 11.6 Å². The summed E-state index contributed by atoms with van der Waals surface area (Å²) < 4.78 is 42.5. The highest BCUT2D eigenvalue weighted by atomic mass is 35.5. The molecule has 0 atom stereocenters. The van der Waals surface area contributed by atoms with Gasteiger partial charge in [-0.1, -0.05) is 30.1 Å². The lowest BCUT2D eigenvalue weighted by Gasteiger charge is -2.23. The molecule has 0 fully saturated rings. The van der Waals surface area contributed by atoms with Crippen LogP contribution in [0.15, 0.2) is 33.7 Å². The van der Waals surface area contributed by atoms with Crippen molar-refractivity contribution in [3.05, 3.63) is 40.8 Å². The first kappa shape index (κ1) is 19.4. The van der Waals surface area contributed by atoms with Gasteiger partial charge >= 0.3 is 0 Å². The van der Waals surface area contributed by atoms with Gasteiger partial charge in [-0.2, -0.15) is 0 Å². The van der Waals surface area contributed by atoms with Crippen LogP contribution in [-0.4, -0.2) is 24.2 Å². The van der Waals surface area contributed by atoms with Crippen LogP contribution in [0.5, 0.6) is 0 Å². The Labute approximate surface area is 150 Å². The minimum absolute atomic E-state index is 0.0355. The summed E-state index contributed by atoms with van der Waals surface area (Å²) in [6.07, 6.45) is 1.51. The minimum Gasteiger partial charge on any atom is -0.338 e. The molecule has 0 saturated heterocycles. The molecule has 2 aromatic rings. The number of rotatable bonds is 6. The van der Waals surface area contributed by atoms with Gasteiger partial charge in [0.2, 0.25) is 11.8 Å². The maximum atomic E-state index is 14.0. The summed E-state index contributed by atoms with van der Waals surface area (Å²) in [5.41, 5.74) is 0.641. The van der Waals surface area contributed by atoms with Gasteiger partial charge in [0.15, 0.2) is 9.84 Å². The van der Waals surface area contributed by atoms with E-state index < -0.39 is 31.2 Å². The predicted molar refractivity (Wildman–Crippen MR) is 91.8 cm³/mol. The normalized spacial score (nSPS) is 12.2. The van der Waals surface area contributed by atoms with Crippen molar-refractivity contribution in [2.45, 2.75) is 43.3 Å². The molecule has 0 aliphatic carbocycles. The SMILES string of the molecule is CCCc1cc(NC(=O)C(C)(C)S(=O)(=O)c2ccc(Cl)cc2F)on1. The number of nitrogens with zero attached hydrogens (tertiary/aromatic N) is 1. The van der Waals surface area contributed by atoms with E-state index in [4.69, 9.17) is 16.1 Å². The molecule has 0 aliphatic heterocycles. The average molecular weight is 389 g/mol. The van der Waals surface area contributed by atoms with E-state index in [2.05, 4.69) is 10.5 Å². The maximum absolute atomic E-state index is 14.0. The highest BCUT2D eigenvalue weighted by molar-refractivity contribution is 7.93. The second-order valence-electron chi connectivity index (χ2n) is 5.98. The molecule has 1 amide bonds. The van der Waals surface area contributed by atoms with Crippen LogP contribution in [-0.2, 0) is 21.1 Å². The second-order valence-corrected chi connectivity index (χ2v) is 8.88. The molecule has 1 N–H and O–H groups in total. The molecule has 0 unspecified atom stereocenters. The summed E-state index contributed by atoms with van der Waals surface area (Å²) in [7, 11) is -4.32. The Morgan fingerprint density at radius 1 is 1.36 bits per heavy atom. The van der Waals surface area contributed by atoms with Gasteiger partial charge in [-0.05, 0) is 38.5 Å². The van der Waals surface area contributed by atoms with Gasteiger partial charge < -0.3 is 4.52 Å². The predicted octanol–water partition coefficient (Wildman–Crippen LogP) is 3.61. The molecule has 0 bridgehead atoms. The third kappa shape index (κ3) is 3.85. The zero-order chi connectivity index (χ0) is 18.8. The van der Waals surface area contributed by atoms with Gasteiger partial charge in [0.1, 0.15) is 15.5 Å². The molecule has 2 rings (SSSR count). The zero-order valence-corrected chi connectivity index (χ0v) is 15.5. The van der Waals surface area contributed by atoms with E-state index in [0.29, 0.717) is 12.1 Å². The molecular weight excluding hydrogens is 371 g/mol. The fourth-order valence-electron chi connectivity index (χ4n) is 2.10. The Morgan fingerprint density at radius 3 is 2.64 bits per heavy atom. The topological polar surface area (TPSA) is 89.3 Å². The largest absolute Gasteiger partial charge is 0.338 e. The monoisotopic (exact) mass is 388 g/mol. The molecule has 1 aromatic heterocycles. The second kappa shape index (κ2) is 7.13. The van der Waals surface area contributed by atoms with E-state index >= 15 is 0 Å². The lowest BCUT2D eigenvalue weighted by molar-refractivity contribution is -0.118. The van der Waals surface area contributed by atoms with Gasteiger partial charge in [0, 0.05) is 11.1 Å². The Hall–Kier alpha value is -1.93. The van der Waals surface area contributed by atoms with Crippen molar-refractivity contribution >= 4 is 33.2 Å². The standard InChI is InChI=1S/C16H18ClFN2O4S/c1-4-5-11-9-14(24-20-11)19-15(21)16(2,3)25(22,23)13-7-6-10(17)8-12(13)18/h6-9H,4-5H2,1-3H3,(H,19,21). The molecule has 1 aromatic carbocycles. The smallest absolute Gasteiger partial charge is 0.248 e. The van der Waals surface area contributed by atoms with Crippen LogP contribution in [0.3, 0.4) is 0 Å². The van der Waals surface area contributed by atoms with Crippen molar-refractivity contribution in [3.8, 4) is 0 Å². The minimum atomic E-state index is -4.32. The first-order chi connectivity index (χ1) is 11.6. The summed E-state index contributed by atoms with van der Waals surface area (Å²) in [4.78, 5) is 11.9. The molecule has 1 heterocycles. The number of halogens is 2. The summed E-state index contributed by atoms with van der Waals surface area (Å²) in [6, 6.07) is 4.69. The average Bonchev–Trinajstić information content (AvgIpc) is 2.94. The highest BCUT2D eigenvalue weighted by Gasteiger charge is 2.44. The van der Waals surface area contributed by atoms with Crippen molar-refractivity contribution < 1.29 is 22.1 Å². The van der Waals surface area contributed by atoms with Crippen LogP contribution < -0.4 is 5.32 Å². The molecule has 0 saturated carbocycles. The lowest BCUT2D eigenvalue weighted by atomic mass is 10.2. The highest BCUT2D eigenvalue weighted by Crippen LogP contribution is 2.30. The summed E-state index contributed by atoms with van der Waals surface area (Å²) >= 11 is 5.65. The fourth-order valence-corrected chi connectivity index (χ4v) is 3.66. The molecular formula is C16H18ClFN2O4S. The van der Waals surface area contributed by atoms with Gasteiger partial charge in [0.25, 0.3) is 0 Å². The Morgan fingerprint density at radius 2 is 2.04 bits per heavy atom. The van der Waals surface area contributed by atoms with E-state index in [-0.39, 0.29) is 10.9 Å². The van der Waals surface area contributed by atoms with E-state index in [0.717, 1.165) is 18.6 Å². The van der Waals surface area contributed by atoms with Crippen molar-refractivity contribution in [2.75, 3.05) is 5.32 Å². The molecule has 0 radical (unpaired) electrons. The van der Waals surface area contributed by atoms with E-state index in [1.54, 1.807) is 0 Å². The van der Waals surface area contributed by atoms with Crippen LogP contribution in [0, 0.1) is 5.82 Å². The molecule has 0 spiro atoms. The van der Waals surface area contributed by atoms with Crippen LogP contribution in [0.2, 0.25) is 5.02 Å². The number of hydrogen-bond acceptors (Lipinski definition) is 5. The van der Waals surface area contributed by atoms with Crippen molar-refractivity contribution in [1.29, 1.82) is 0 Å². The molecule has 25 heavy (non-hydrogen) atoms. The first-order valence-electron chi connectivity index (χ1n) is 7.56. The van der Waals surface area contributed by atoms with Gasteiger partial charge in [-0.15, -0.1) is 0 Å². The number of aromatic nitrogens is 1. The number of carbonyl (C=O) groups excluding carboxylic acids is 1. The number of carbonyl (C=O) groups is 1. The summed E-state index contributed by atoms with van der Waals surface area (Å²) in [5.74, 6) is -1.84. The van der Waals surface area contributed by atoms with Crippen molar-refractivity contribution in [2.24, 2.45) is 0 Å². The molecule has 136 valence electrons. The van der Waals surface area contributed by atoms with Crippen LogP contribution in [0.4, 0.5) is 10.3 Å². The van der Waals surface area contributed by atoms with Gasteiger partial charge in [-0.25, -0.2) is 12.8 Å². The number of nitrogens with one attached hydrogen (secondary N) is 1. The Balaban J connectivity index is 2.29. The molecule has 9 heteroatoms. The van der Waals surface area contributed by atoms with Crippen molar-refractivity contribution in [1.82, 2.24) is 5.16 Å². The quantitative estimate of drug-likeness (QED) is 0.816. The molecule has 0 aliphatic rings. The van der Waals surface area contributed by atoms with Crippen LogP contribution in [0.1, 0.15) is 32.9 Å². The fraction of sp³-hybridized carbons (Fsp3) is 0.375. The van der Waals surface area contributed by atoms with Crippen LogP contribution in [0.25, 0.3) is 0 Å². The number of amides is 1.